The Morgan fingerprint density at radius 3 is 1.40 bits per heavy atom. The van der Waals surface area contributed by atoms with Crippen LogP contribution in [-0.4, -0.2) is 33.7 Å². The first-order valence-electron chi connectivity index (χ1n) is 10.3. The van der Waals surface area contributed by atoms with Crippen molar-refractivity contribution in [3.8, 4) is 11.4 Å². The summed E-state index contributed by atoms with van der Waals surface area (Å²) in [6.07, 6.45) is 9.44. The van der Waals surface area contributed by atoms with Gasteiger partial charge in [0.05, 0.1) is 11.4 Å². The van der Waals surface area contributed by atoms with Crippen LogP contribution in [0.2, 0.25) is 0 Å². The molecular formula is C22H30Cl2N6. The average molecular weight is 449 g/mol. The lowest BCUT2D eigenvalue weighted by molar-refractivity contribution is 0.628. The van der Waals surface area contributed by atoms with E-state index in [9.17, 15) is 0 Å². The molecule has 6 nitrogen and oxygen atoms in total. The van der Waals surface area contributed by atoms with Crippen molar-refractivity contribution in [2.45, 2.75) is 63.5 Å². The monoisotopic (exact) mass is 448 g/mol. The number of aromatic nitrogens is 2. The van der Waals surface area contributed by atoms with Gasteiger partial charge in [-0.05, 0) is 49.9 Å². The van der Waals surface area contributed by atoms with Crippen LogP contribution < -0.4 is 10.6 Å². The molecule has 0 unspecified atom stereocenters. The lowest BCUT2D eigenvalue weighted by Gasteiger charge is -2.15. The molecule has 4 N–H and O–H groups in total. The predicted molar refractivity (Wildman–Crippen MR) is 126 cm³/mol. The molecule has 30 heavy (non-hydrogen) atoms. The van der Waals surface area contributed by atoms with E-state index in [1.165, 1.54) is 25.7 Å². The highest BCUT2D eigenvalue weighted by molar-refractivity contribution is 5.96. The van der Waals surface area contributed by atoms with Crippen molar-refractivity contribution in [2.75, 3.05) is 0 Å². The molecule has 2 fully saturated rings. The molecule has 0 bridgehead atoms. The molecule has 0 atom stereocenters. The number of halogens is 2. The third kappa shape index (κ3) is 5.92. The molecule has 0 spiro atoms. The Labute approximate surface area is 190 Å². The molecule has 0 saturated heterocycles. The maximum atomic E-state index is 8.35. The largest absolute Gasteiger partial charge is 0.366 e. The number of rotatable bonds is 5. The van der Waals surface area contributed by atoms with Gasteiger partial charge in [-0.1, -0.05) is 37.8 Å². The highest BCUT2D eigenvalue weighted by Crippen LogP contribution is 2.20. The van der Waals surface area contributed by atoms with Crippen LogP contribution >= 0.6 is 24.8 Å². The van der Waals surface area contributed by atoms with Crippen LogP contribution in [0.4, 0.5) is 0 Å². The van der Waals surface area contributed by atoms with Crippen LogP contribution in [-0.2, 0) is 0 Å². The van der Waals surface area contributed by atoms with Gasteiger partial charge in [-0.25, -0.2) is 9.97 Å². The Kier molecular flexibility index (Phi) is 9.06. The molecule has 2 heterocycles. The van der Waals surface area contributed by atoms with E-state index in [0.29, 0.717) is 35.1 Å². The van der Waals surface area contributed by atoms with Crippen LogP contribution in [0.1, 0.15) is 62.8 Å². The van der Waals surface area contributed by atoms with Gasteiger partial charge in [-0.15, -0.1) is 24.8 Å². The summed E-state index contributed by atoms with van der Waals surface area (Å²) < 4.78 is 0. The van der Waals surface area contributed by atoms with E-state index in [0.717, 1.165) is 37.1 Å². The summed E-state index contributed by atoms with van der Waals surface area (Å²) in [5, 5.41) is 23.3. The Morgan fingerprint density at radius 2 is 1.03 bits per heavy atom. The van der Waals surface area contributed by atoms with Crippen molar-refractivity contribution in [1.29, 1.82) is 10.8 Å². The predicted octanol–water partition coefficient (Wildman–Crippen LogP) is 4.70. The van der Waals surface area contributed by atoms with Gasteiger partial charge in [0, 0.05) is 12.1 Å². The molecule has 162 valence electrons. The fourth-order valence-corrected chi connectivity index (χ4v) is 4.13. The molecule has 8 heteroatoms. The van der Waals surface area contributed by atoms with Crippen molar-refractivity contribution < 1.29 is 0 Å². The maximum Gasteiger partial charge on any atom is 0.144 e. The van der Waals surface area contributed by atoms with E-state index in [1.807, 2.05) is 36.4 Å². The summed E-state index contributed by atoms with van der Waals surface area (Å²) in [5.74, 6) is 0.751. The number of nitrogens with one attached hydrogen (secondary N) is 4. The number of amidine groups is 2. The zero-order valence-electron chi connectivity index (χ0n) is 17.0. The molecule has 4 rings (SSSR count). The summed E-state index contributed by atoms with van der Waals surface area (Å²) in [6, 6.07) is 12.2. The fourth-order valence-electron chi connectivity index (χ4n) is 4.13. The molecule has 0 aliphatic heterocycles. The standard InChI is InChI=1S/C22H28N6.2ClH/c23-21(25-15-7-1-2-8-15)19-13-5-11-17(27-19)18-12-6-14-20(28-18)22(24)26-16-9-3-4-10-16;;/h5-6,11-16H,1-4,7-10H2,(H2,23,25)(H2,24,26);2*1H. The van der Waals surface area contributed by atoms with Gasteiger partial charge >= 0.3 is 0 Å². The Bertz CT molecular complexity index is 789. The zero-order valence-corrected chi connectivity index (χ0v) is 18.6. The van der Waals surface area contributed by atoms with Gasteiger partial charge < -0.3 is 10.6 Å². The average Bonchev–Trinajstić information content (AvgIpc) is 3.42. The highest BCUT2D eigenvalue weighted by atomic mass is 35.5. The third-order valence-corrected chi connectivity index (χ3v) is 5.68. The first-order valence-corrected chi connectivity index (χ1v) is 10.3. The van der Waals surface area contributed by atoms with Crippen LogP contribution in [0.15, 0.2) is 36.4 Å². The molecular weight excluding hydrogens is 419 g/mol. The lowest BCUT2D eigenvalue weighted by atomic mass is 10.2. The number of pyridine rings is 2. The summed E-state index contributed by atoms with van der Waals surface area (Å²) in [7, 11) is 0. The lowest BCUT2D eigenvalue weighted by Crippen LogP contribution is -2.33. The van der Waals surface area contributed by atoms with Gasteiger partial charge in [0.2, 0.25) is 0 Å². The smallest absolute Gasteiger partial charge is 0.144 e. The van der Waals surface area contributed by atoms with Crippen LogP contribution in [0.25, 0.3) is 11.4 Å². The topological polar surface area (TPSA) is 97.5 Å². The second-order valence-corrected chi connectivity index (χ2v) is 7.82. The zero-order chi connectivity index (χ0) is 19.3. The van der Waals surface area contributed by atoms with Crippen molar-refractivity contribution in [2.24, 2.45) is 0 Å². The SMILES string of the molecule is Cl.Cl.N=C(NC1CCCC1)c1cccc(-c2cccc(C(=N)NC3CCCC3)n2)n1. The molecule has 0 radical (unpaired) electrons. The quantitative estimate of drug-likeness (QED) is 0.393. The maximum absolute atomic E-state index is 8.35. The van der Waals surface area contributed by atoms with E-state index >= 15 is 0 Å². The van der Waals surface area contributed by atoms with Gasteiger partial charge in [-0.2, -0.15) is 0 Å². The second-order valence-electron chi connectivity index (χ2n) is 7.82. The third-order valence-electron chi connectivity index (χ3n) is 5.68. The van der Waals surface area contributed by atoms with Crippen molar-refractivity contribution >= 4 is 36.5 Å². The fraction of sp³-hybridized carbons (Fsp3) is 0.455. The number of hydrogen-bond acceptors (Lipinski definition) is 4. The Balaban J connectivity index is 0.00000160. The summed E-state index contributed by atoms with van der Waals surface area (Å²) in [4.78, 5) is 9.30. The summed E-state index contributed by atoms with van der Waals surface area (Å²) in [6.45, 7) is 0. The highest BCUT2D eigenvalue weighted by Gasteiger charge is 2.18. The number of nitrogens with zero attached hydrogens (tertiary/aromatic N) is 2. The molecule has 0 amide bonds. The van der Waals surface area contributed by atoms with Gasteiger partial charge in [-0.3, -0.25) is 10.8 Å². The van der Waals surface area contributed by atoms with Crippen LogP contribution in [0, 0.1) is 10.8 Å². The number of hydrogen-bond donors (Lipinski definition) is 4. The van der Waals surface area contributed by atoms with E-state index < -0.39 is 0 Å². The van der Waals surface area contributed by atoms with Crippen molar-refractivity contribution in [3.63, 3.8) is 0 Å². The van der Waals surface area contributed by atoms with E-state index in [2.05, 4.69) is 20.6 Å². The Morgan fingerprint density at radius 1 is 0.667 bits per heavy atom. The normalized spacial score (nSPS) is 16.4. The van der Waals surface area contributed by atoms with Crippen LogP contribution in [0.5, 0.6) is 0 Å². The van der Waals surface area contributed by atoms with Gasteiger partial charge in [0.15, 0.2) is 0 Å². The van der Waals surface area contributed by atoms with E-state index in [-0.39, 0.29) is 24.8 Å². The molecule has 2 saturated carbocycles. The minimum absolute atomic E-state index is 0. The minimum atomic E-state index is 0. The van der Waals surface area contributed by atoms with Crippen LogP contribution in [0.3, 0.4) is 0 Å². The molecule has 2 aliphatic carbocycles. The van der Waals surface area contributed by atoms with E-state index in [4.69, 9.17) is 10.8 Å². The molecule has 0 aromatic carbocycles. The summed E-state index contributed by atoms with van der Waals surface area (Å²) >= 11 is 0. The molecule has 2 aromatic rings. The second kappa shape index (κ2) is 11.3. The van der Waals surface area contributed by atoms with Crippen molar-refractivity contribution in [1.82, 2.24) is 20.6 Å². The van der Waals surface area contributed by atoms with Crippen molar-refractivity contribution in [3.05, 3.63) is 47.8 Å². The van der Waals surface area contributed by atoms with Gasteiger partial charge in [0.25, 0.3) is 0 Å². The van der Waals surface area contributed by atoms with E-state index in [1.54, 1.807) is 0 Å². The first-order chi connectivity index (χ1) is 13.7. The molecule has 2 aliphatic rings. The van der Waals surface area contributed by atoms with Gasteiger partial charge in [0.1, 0.15) is 23.1 Å². The first kappa shape index (κ1) is 24.1. The Hall–Kier alpha value is -2.18. The molecule has 2 aromatic heterocycles. The summed E-state index contributed by atoms with van der Waals surface area (Å²) in [5.41, 5.74) is 2.73. The minimum Gasteiger partial charge on any atom is -0.366 e.